The molecule has 0 bridgehead atoms. The van der Waals surface area contributed by atoms with Crippen molar-refractivity contribution in [3.63, 3.8) is 0 Å². The number of hydrogen-bond donors (Lipinski definition) is 2. The average Bonchev–Trinajstić information content (AvgIpc) is 2.85. The first-order valence-corrected chi connectivity index (χ1v) is 8.27. The number of nitrogens with one attached hydrogen (secondary N) is 2. The Morgan fingerprint density at radius 2 is 2.14 bits per heavy atom. The maximum absolute atomic E-state index is 12.4. The van der Waals surface area contributed by atoms with E-state index in [9.17, 15) is 13.2 Å². The van der Waals surface area contributed by atoms with Crippen molar-refractivity contribution in [2.24, 2.45) is 4.99 Å². The third-order valence-electron chi connectivity index (χ3n) is 2.16. The second-order valence-electron chi connectivity index (χ2n) is 3.74. The lowest BCUT2D eigenvalue weighted by Crippen LogP contribution is -2.38. The molecule has 1 aromatic heterocycles. The van der Waals surface area contributed by atoms with Crippen LogP contribution in [-0.2, 0) is 12.7 Å². The standard InChI is InChI=1S/C11H17F3N4S2.HI/c1-3-15-10(16-4-5-19-2)17-6-9-18-8(7-20-9)11(12,13)14;/h7H,3-6H2,1-2H3,(H2,15,16,17);1H. The van der Waals surface area contributed by atoms with E-state index in [1.54, 1.807) is 11.8 Å². The quantitative estimate of drug-likeness (QED) is 0.300. The normalized spacial score (nSPS) is 12.0. The van der Waals surface area contributed by atoms with Gasteiger partial charge in [-0.25, -0.2) is 9.98 Å². The highest BCUT2D eigenvalue weighted by Crippen LogP contribution is 2.30. The Bertz CT molecular complexity index is 437. The zero-order valence-corrected chi connectivity index (χ0v) is 15.6. The third kappa shape index (κ3) is 8.10. The van der Waals surface area contributed by atoms with E-state index >= 15 is 0 Å². The third-order valence-corrected chi connectivity index (χ3v) is 3.60. The van der Waals surface area contributed by atoms with Gasteiger partial charge in [0.1, 0.15) is 5.01 Å². The minimum absolute atomic E-state index is 0. The van der Waals surface area contributed by atoms with Crippen LogP contribution >= 0.6 is 47.1 Å². The fourth-order valence-corrected chi connectivity index (χ4v) is 2.30. The summed E-state index contributed by atoms with van der Waals surface area (Å²) in [5.41, 5.74) is -0.854. The van der Waals surface area contributed by atoms with Gasteiger partial charge >= 0.3 is 6.18 Å². The van der Waals surface area contributed by atoms with Crippen molar-refractivity contribution in [1.29, 1.82) is 0 Å². The van der Waals surface area contributed by atoms with Crippen LogP contribution in [0.1, 0.15) is 17.6 Å². The van der Waals surface area contributed by atoms with Gasteiger partial charge in [0, 0.05) is 24.2 Å². The van der Waals surface area contributed by atoms with Crippen molar-refractivity contribution in [2.75, 3.05) is 25.1 Å². The van der Waals surface area contributed by atoms with Crippen LogP contribution in [0.5, 0.6) is 0 Å². The van der Waals surface area contributed by atoms with Gasteiger partial charge in [-0.2, -0.15) is 24.9 Å². The molecule has 4 nitrogen and oxygen atoms in total. The SMILES string of the molecule is CCNC(=NCc1nc(C(F)(F)F)cs1)NCCSC.I. The van der Waals surface area contributed by atoms with Crippen LogP contribution in [0.15, 0.2) is 10.4 Å². The first-order valence-electron chi connectivity index (χ1n) is 6.00. The zero-order chi connectivity index (χ0) is 15.0. The molecule has 2 N–H and O–H groups in total. The Labute approximate surface area is 147 Å². The number of rotatable bonds is 6. The van der Waals surface area contributed by atoms with Crippen molar-refractivity contribution < 1.29 is 13.2 Å². The molecule has 0 aliphatic carbocycles. The summed E-state index contributed by atoms with van der Waals surface area (Å²) in [4.78, 5) is 7.75. The molecule has 0 spiro atoms. The van der Waals surface area contributed by atoms with Crippen molar-refractivity contribution in [2.45, 2.75) is 19.6 Å². The van der Waals surface area contributed by atoms with Gasteiger partial charge in [0.05, 0.1) is 6.54 Å². The molecular formula is C11H18F3IN4S2. The van der Waals surface area contributed by atoms with E-state index < -0.39 is 11.9 Å². The van der Waals surface area contributed by atoms with E-state index in [1.165, 1.54) is 0 Å². The summed E-state index contributed by atoms with van der Waals surface area (Å²) >= 11 is 2.67. The molecule has 10 heteroatoms. The van der Waals surface area contributed by atoms with Crippen molar-refractivity contribution in [3.8, 4) is 0 Å². The highest BCUT2D eigenvalue weighted by molar-refractivity contribution is 14.0. The number of aliphatic imine (C=N–C) groups is 1. The van der Waals surface area contributed by atoms with Crippen LogP contribution in [0.2, 0.25) is 0 Å². The summed E-state index contributed by atoms with van der Waals surface area (Å²) in [6.07, 6.45) is -2.39. The molecule has 0 amide bonds. The number of alkyl halides is 3. The van der Waals surface area contributed by atoms with Gasteiger partial charge in [-0.15, -0.1) is 35.3 Å². The predicted octanol–water partition coefficient (Wildman–Crippen LogP) is 3.20. The summed E-state index contributed by atoms with van der Waals surface area (Å²) in [5.74, 6) is 1.52. The summed E-state index contributed by atoms with van der Waals surface area (Å²) in [6, 6.07) is 0. The fraction of sp³-hybridized carbons (Fsp3) is 0.636. The smallest absolute Gasteiger partial charge is 0.357 e. The first kappa shape index (κ1) is 20.8. The molecule has 1 aromatic rings. The van der Waals surface area contributed by atoms with E-state index in [-0.39, 0.29) is 30.5 Å². The molecule has 0 saturated heterocycles. The van der Waals surface area contributed by atoms with Gasteiger partial charge in [-0.3, -0.25) is 0 Å². The molecule has 0 aromatic carbocycles. The van der Waals surface area contributed by atoms with Gasteiger partial charge in [0.25, 0.3) is 0 Å². The largest absolute Gasteiger partial charge is 0.434 e. The van der Waals surface area contributed by atoms with Crippen LogP contribution in [0, 0.1) is 0 Å². The maximum atomic E-state index is 12.4. The van der Waals surface area contributed by atoms with Crippen molar-refractivity contribution >= 4 is 53.0 Å². The van der Waals surface area contributed by atoms with Crippen LogP contribution in [0.4, 0.5) is 13.2 Å². The number of halogens is 4. The number of thioether (sulfide) groups is 1. The van der Waals surface area contributed by atoms with Gasteiger partial charge in [0.15, 0.2) is 11.7 Å². The highest BCUT2D eigenvalue weighted by atomic mass is 127. The lowest BCUT2D eigenvalue weighted by Gasteiger charge is -2.09. The molecule has 0 fully saturated rings. The summed E-state index contributed by atoms with van der Waals surface area (Å²) < 4.78 is 37.2. The Kier molecular flexibility index (Phi) is 10.4. The van der Waals surface area contributed by atoms with E-state index in [0.29, 0.717) is 17.5 Å². The molecule has 1 rings (SSSR count). The van der Waals surface area contributed by atoms with Crippen molar-refractivity contribution in [1.82, 2.24) is 15.6 Å². The van der Waals surface area contributed by atoms with Gasteiger partial charge in [0.2, 0.25) is 0 Å². The van der Waals surface area contributed by atoms with Crippen LogP contribution in [0.3, 0.4) is 0 Å². The number of hydrogen-bond acceptors (Lipinski definition) is 4. The van der Waals surface area contributed by atoms with Gasteiger partial charge < -0.3 is 10.6 Å². The topological polar surface area (TPSA) is 49.3 Å². The second kappa shape index (κ2) is 10.5. The first-order chi connectivity index (χ1) is 9.47. The molecule has 0 saturated carbocycles. The van der Waals surface area contributed by atoms with Crippen LogP contribution in [-0.4, -0.2) is 36.0 Å². The van der Waals surface area contributed by atoms with E-state index in [0.717, 1.165) is 29.0 Å². The molecule has 0 aliphatic heterocycles. The van der Waals surface area contributed by atoms with Gasteiger partial charge in [-0.1, -0.05) is 0 Å². The monoisotopic (exact) mass is 454 g/mol. The second-order valence-corrected chi connectivity index (χ2v) is 5.67. The van der Waals surface area contributed by atoms with Crippen LogP contribution < -0.4 is 10.6 Å². The molecule has 21 heavy (non-hydrogen) atoms. The molecule has 122 valence electrons. The Morgan fingerprint density at radius 1 is 1.43 bits per heavy atom. The number of guanidine groups is 1. The lowest BCUT2D eigenvalue weighted by molar-refractivity contribution is -0.140. The maximum Gasteiger partial charge on any atom is 0.434 e. The number of thiazole rings is 1. The fourth-order valence-electron chi connectivity index (χ4n) is 1.27. The minimum atomic E-state index is -4.39. The summed E-state index contributed by atoms with van der Waals surface area (Å²) in [7, 11) is 0. The summed E-state index contributed by atoms with van der Waals surface area (Å²) in [6.45, 7) is 3.50. The molecular weight excluding hydrogens is 436 g/mol. The summed E-state index contributed by atoms with van der Waals surface area (Å²) in [5, 5.41) is 7.49. The lowest BCUT2D eigenvalue weighted by atomic mass is 10.5. The van der Waals surface area contributed by atoms with Crippen molar-refractivity contribution in [3.05, 3.63) is 16.1 Å². The van der Waals surface area contributed by atoms with E-state index in [2.05, 4.69) is 20.6 Å². The zero-order valence-electron chi connectivity index (χ0n) is 11.7. The van der Waals surface area contributed by atoms with E-state index in [4.69, 9.17) is 0 Å². The molecule has 0 radical (unpaired) electrons. The molecule has 0 atom stereocenters. The number of aromatic nitrogens is 1. The van der Waals surface area contributed by atoms with Gasteiger partial charge in [-0.05, 0) is 13.2 Å². The molecule has 1 heterocycles. The predicted molar refractivity (Wildman–Crippen MR) is 93.7 cm³/mol. The average molecular weight is 454 g/mol. The Hall–Kier alpha value is -0.230. The van der Waals surface area contributed by atoms with Crippen LogP contribution in [0.25, 0.3) is 0 Å². The molecule has 0 aliphatic rings. The highest BCUT2D eigenvalue weighted by Gasteiger charge is 2.33. The molecule has 0 unspecified atom stereocenters. The van der Waals surface area contributed by atoms with E-state index in [1.807, 2.05) is 13.2 Å². The Morgan fingerprint density at radius 3 is 2.67 bits per heavy atom. The minimum Gasteiger partial charge on any atom is -0.357 e. The number of nitrogens with zero attached hydrogens (tertiary/aromatic N) is 2. The Balaban J connectivity index is 0.00000400.